The minimum Gasteiger partial charge on any atom is -0.478 e. The van der Waals surface area contributed by atoms with E-state index in [1.165, 1.54) is 24.3 Å². The summed E-state index contributed by atoms with van der Waals surface area (Å²) < 4.78 is 22.6. The van der Waals surface area contributed by atoms with E-state index in [1.54, 1.807) is 6.07 Å². The fourth-order valence-electron chi connectivity index (χ4n) is 1.79. The van der Waals surface area contributed by atoms with Gasteiger partial charge in [-0.15, -0.1) is 0 Å². The summed E-state index contributed by atoms with van der Waals surface area (Å²) in [5.41, 5.74) is 0.621. The topological polar surface area (TPSA) is 97.5 Å². The Morgan fingerprint density at radius 3 is 2.24 bits per heavy atom. The zero-order chi connectivity index (χ0) is 15.8. The average Bonchev–Trinajstić information content (AvgIpc) is 2.40. The van der Waals surface area contributed by atoms with E-state index in [0.29, 0.717) is 16.1 Å². The smallest absolute Gasteiger partial charge is 0.336 e. The van der Waals surface area contributed by atoms with Crippen molar-refractivity contribution in [1.29, 1.82) is 0 Å². The molecular weight excluding hydrogens is 337 g/mol. The van der Waals surface area contributed by atoms with Crippen LogP contribution in [0.15, 0.2) is 41.3 Å². The maximum Gasteiger partial charge on any atom is 0.336 e. The Balaban J connectivity index is 2.69. The summed E-state index contributed by atoms with van der Waals surface area (Å²) >= 11 is 11.7. The van der Waals surface area contributed by atoms with Gasteiger partial charge >= 0.3 is 5.97 Å². The van der Waals surface area contributed by atoms with Gasteiger partial charge in [-0.1, -0.05) is 35.3 Å². The van der Waals surface area contributed by atoms with Gasteiger partial charge in [-0.05, 0) is 35.4 Å². The number of carbonyl (C=O) groups is 1. The second kappa shape index (κ2) is 5.65. The zero-order valence-electron chi connectivity index (χ0n) is 10.4. The van der Waals surface area contributed by atoms with Crippen LogP contribution in [0.2, 0.25) is 10.0 Å². The van der Waals surface area contributed by atoms with E-state index in [0.717, 1.165) is 6.07 Å². The first-order valence-corrected chi connectivity index (χ1v) is 7.86. The molecule has 0 saturated heterocycles. The molecule has 0 amide bonds. The summed E-state index contributed by atoms with van der Waals surface area (Å²) in [5.74, 6) is -1.28. The van der Waals surface area contributed by atoms with Crippen LogP contribution in [0.5, 0.6) is 0 Å². The molecule has 0 spiro atoms. The molecule has 0 bridgehead atoms. The van der Waals surface area contributed by atoms with Crippen LogP contribution in [0.25, 0.3) is 11.1 Å². The van der Waals surface area contributed by atoms with Crippen LogP contribution in [0.3, 0.4) is 0 Å². The number of carboxylic acids is 1. The van der Waals surface area contributed by atoms with E-state index in [-0.39, 0.29) is 15.5 Å². The molecule has 0 aliphatic carbocycles. The molecular formula is C13H9Cl2NO4S. The number of aromatic carboxylic acids is 1. The number of hydrogen-bond donors (Lipinski definition) is 2. The third-order valence-corrected chi connectivity index (χ3v) is 4.43. The third-order valence-electron chi connectivity index (χ3n) is 2.78. The Bertz CT molecular complexity index is 834. The van der Waals surface area contributed by atoms with Crippen LogP contribution in [0.1, 0.15) is 10.4 Å². The zero-order valence-corrected chi connectivity index (χ0v) is 12.7. The van der Waals surface area contributed by atoms with Gasteiger partial charge < -0.3 is 5.11 Å². The molecule has 0 unspecified atom stereocenters. The average molecular weight is 346 g/mol. The van der Waals surface area contributed by atoms with Crippen molar-refractivity contribution in [3.05, 3.63) is 52.0 Å². The van der Waals surface area contributed by atoms with Gasteiger partial charge in [-0.25, -0.2) is 18.4 Å². The second-order valence-electron chi connectivity index (χ2n) is 4.19. The lowest BCUT2D eigenvalue weighted by Crippen LogP contribution is -2.13. The summed E-state index contributed by atoms with van der Waals surface area (Å²) in [5, 5.41) is 14.8. The molecule has 5 nitrogen and oxygen atoms in total. The number of nitrogens with two attached hydrogens (primary N) is 1. The van der Waals surface area contributed by atoms with E-state index >= 15 is 0 Å². The summed E-state index contributed by atoms with van der Waals surface area (Å²) in [6, 6.07) is 8.23. The molecule has 0 aromatic heterocycles. The lowest BCUT2D eigenvalue weighted by atomic mass is 10.00. The maximum atomic E-state index is 11.3. The van der Waals surface area contributed by atoms with Crippen molar-refractivity contribution >= 4 is 39.2 Å². The molecule has 2 aromatic carbocycles. The fraction of sp³-hybridized carbons (Fsp3) is 0. The molecule has 3 N–H and O–H groups in total. The van der Waals surface area contributed by atoms with Crippen molar-refractivity contribution in [2.75, 3.05) is 0 Å². The number of hydrogen-bond acceptors (Lipinski definition) is 3. The molecule has 2 rings (SSSR count). The van der Waals surface area contributed by atoms with Gasteiger partial charge in [-0.2, -0.15) is 0 Å². The fourth-order valence-corrected chi connectivity index (χ4v) is 2.63. The van der Waals surface area contributed by atoms with E-state index in [4.69, 9.17) is 28.3 Å². The van der Waals surface area contributed by atoms with Gasteiger partial charge in [-0.3, -0.25) is 0 Å². The predicted octanol–water partition coefficient (Wildman–Crippen LogP) is 3.01. The normalized spacial score (nSPS) is 11.4. The van der Waals surface area contributed by atoms with E-state index < -0.39 is 16.0 Å². The molecule has 0 saturated carbocycles. The van der Waals surface area contributed by atoms with Crippen molar-refractivity contribution in [2.45, 2.75) is 4.90 Å². The van der Waals surface area contributed by atoms with Gasteiger partial charge in [0.2, 0.25) is 10.0 Å². The molecule has 21 heavy (non-hydrogen) atoms. The first kappa shape index (κ1) is 15.8. The molecule has 110 valence electrons. The Morgan fingerprint density at radius 1 is 1.05 bits per heavy atom. The standard InChI is InChI=1S/C13H9Cl2NO4S/c14-11-4-1-7(5-12(11)15)9-3-2-8(21(16,19)20)6-10(9)13(17)18/h1-6H,(H,17,18)(H2,16,19,20). The van der Waals surface area contributed by atoms with Crippen LogP contribution in [0, 0.1) is 0 Å². The highest BCUT2D eigenvalue weighted by Crippen LogP contribution is 2.31. The molecule has 0 aliphatic heterocycles. The molecule has 0 radical (unpaired) electrons. The highest BCUT2D eigenvalue weighted by molar-refractivity contribution is 7.89. The summed E-state index contributed by atoms with van der Waals surface area (Å²) in [4.78, 5) is 11.1. The summed E-state index contributed by atoms with van der Waals surface area (Å²) in [7, 11) is -3.98. The van der Waals surface area contributed by atoms with Gasteiger partial charge in [0.25, 0.3) is 0 Å². The molecule has 0 aliphatic rings. The molecule has 8 heteroatoms. The van der Waals surface area contributed by atoms with Crippen LogP contribution >= 0.6 is 23.2 Å². The summed E-state index contributed by atoms with van der Waals surface area (Å²) in [6.07, 6.45) is 0. The number of halogens is 2. The minimum atomic E-state index is -3.98. The van der Waals surface area contributed by atoms with Crippen molar-refractivity contribution in [3.63, 3.8) is 0 Å². The highest BCUT2D eigenvalue weighted by atomic mass is 35.5. The molecule has 0 heterocycles. The largest absolute Gasteiger partial charge is 0.478 e. The first-order valence-electron chi connectivity index (χ1n) is 5.55. The summed E-state index contributed by atoms with van der Waals surface area (Å²) in [6.45, 7) is 0. The Morgan fingerprint density at radius 2 is 1.71 bits per heavy atom. The Hall–Kier alpha value is -1.60. The van der Waals surface area contributed by atoms with Gasteiger partial charge in [0.05, 0.1) is 20.5 Å². The minimum absolute atomic E-state index is 0.195. The predicted molar refractivity (Wildman–Crippen MR) is 80.2 cm³/mol. The quantitative estimate of drug-likeness (QED) is 0.893. The molecule has 2 aromatic rings. The van der Waals surface area contributed by atoms with Crippen molar-refractivity contribution in [3.8, 4) is 11.1 Å². The number of rotatable bonds is 3. The number of carboxylic acid groups (broad SMARTS) is 1. The van der Waals surface area contributed by atoms with Crippen LogP contribution in [-0.2, 0) is 10.0 Å². The van der Waals surface area contributed by atoms with Crippen LogP contribution in [-0.4, -0.2) is 19.5 Å². The lowest BCUT2D eigenvalue weighted by Gasteiger charge is -2.09. The van der Waals surface area contributed by atoms with Crippen molar-refractivity contribution in [1.82, 2.24) is 0 Å². The lowest BCUT2D eigenvalue weighted by molar-refractivity contribution is 0.0697. The molecule has 0 fully saturated rings. The number of primary sulfonamides is 1. The van der Waals surface area contributed by atoms with E-state index in [1.807, 2.05) is 0 Å². The Kier molecular flexibility index (Phi) is 4.25. The third kappa shape index (κ3) is 3.36. The van der Waals surface area contributed by atoms with Crippen LogP contribution in [0.4, 0.5) is 0 Å². The van der Waals surface area contributed by atoms with Crippen molar-refractivity contribution < 1.29 is 18.3 Å². The Labute approximate surface area is 131 Å². The highest BCUT2D eigenvalue weighted by Gasteiger charge is 2.17. The monoisotopic (exact) mass is 345 g/mol. The van der Waals surface area contributed by atoms with Gasteiger partial charge in [0, 0.05) is 0 Å². The second-order valence-corrected chi connectivity index (χ2v) is 6.56. The van der Waals surface area contributed by atoms with Gasteiger partial charge in [0.15, 0.2) is 0 Å². The van der Waals surface area contributed by atoms with Crippen molar-refractivity contribution in [2.24, 2.45) is 5.14 Å². The van der Waals surface area contributed by atoms with Gasteiger partial charge in [0.1, 0.15) is 0 Å². The van der Waals surface area contributed by atoms with E-state index in [9.17, 15) is 18.3 Å². The first-order chi connectivity index (χ1) is 9.70. The maximum absolute atomic E-state index is 11.3. The SMILES string of the molecule is NS(=O)(=O)c1ccc(-c2ccc(Cl)c(Cl)c2)c(C(=O)O)c1. The number of sulfonamides is 1. The number of benzene rings is 2. The van der Waals surface area contributed by atoms with E-state index in [2.05, 4.69) is 0 Å². The van der Waals surface area contributed by atoms with Crippen LogP contribution < -0.4 is 5.14 Å². The molecule has 0 atom stereocenters.